The second-order valence-electron chi connectivity index (χ2n) is 8.79. The molecule has 2 heterocycles. The predicted octanol–water partition coefficient (Wildman–Crippen LogP) is 5.30. The van der Waals surface area contributed by atoms with E-state index in [0.717, 1.165) is 39.7 Å². The van der Waals surface area contributed by atoms with Crippen molar-refractivity contribution in [3.63, 3.8) is 0 Å². The number of amides is 2. The molecule has 1 aromatic heterocycles. The van der Waals surface area contributed by atoms with Gasteiger partial charge in [0.05, 0.1) is 18.6 Å². The maximum Gasteiger partial charge on any atom is 0.254 e. The van der Waals surface area contributed by atoms with Gasteiger partial charge in [-0.2, -0.15) is 0 Å². The van der Waals surface area contributed by atoms with Gasteiger partial charge >= 0.3 is 0 Å². The van der Waals surface area contributed by atoms with E-state index in [1.54, 1.807) is 12.0 Å². The van der Waals surface area contributed by atoms with Gasteiger partial charge < -0.3 is 19.9 Å². The van der Waals surface area contributed by atoms with E-state index in [1.807, 2.05) is 79.0 Å². The first-order valence-corrected chi connectivity index (χ1v) is 12.0. The van der Waals surface area contributed by atoms with Crippen LogP contribution in [0.25, 0.3) is 10.9 Å². The van der Waals surface area contributed by atoms with Crippen LogP contribution in [0.15, 0.2) is 79.0 Å². The minimum absolute atomic E-state index is 0.0917. The number of aromatic amines is 1. The zero-order chi connectivity index (χ0) is 24.4. The number of nitrogens with one attached hydrogen (secondary N) is 2. The summed E-state index contributed by atoms with van der Waals surface area (Å²) in [5.74, 6) is -0.820. The standard InChI is InChI=1S/C29H29N3O3/c1-3-19-10-4-8-14-24(19)31-28(33)26-21-12-5-6-13-22(21)29(34)32(16-17-35-2)27(26)23-18-30-25-15-9-7-11-20(23)25/h4-15,18,26-27,30H,3,16-17H2,1-2H3,(H,31,33)/t26-,27-/m1/s1. The van der Waals surface area contributed by atoms with Crippen LogP contribution in [0.3, 0.4) is 0 Å². The molecule has 0 saturated heterocycles. The number of carbonyl (C=O) groups is 2. The number of hydrogen-bond donors (Lipinski definition) is 2. The second kappa shape index (κ2) is 9.76. The Hall–Kier alpha value is -3.90. The number of fused-ring (bicyclic) bond motifs is 2. The lowest BCUT2D eigenvalue weighted by molar-refractivity contribution is -0.119. The van der Waals surface area contributed by atoms with Crippen LogP contribution >= 0.6 is 0 Å². The highest BCUT2D eigenvalue weighted by molar-refractivity contribution is 6.05. The van der Waals surface area contributed by atoms with Crippen LogP contribution in [0.2, 0.25) is 0 Å². The number of rotatable bonds is 7. The minimum atomic E-state index is -0.593. The van der Waals surface area contributed by atoms with Gasteiger partial charge in [0.25, 0.3) is 5.91 Å². The number of anilines is 1. The van der Waals surface area contributed by atoms with E-state index in [9.17, 15) is 9.59 Å². The van der Waals surface area contributed by atoms with Crippen molar-refractivity contribution in [3.8, 4) is 0 Å². The molecule has 6 nitrogen and oxygen atoms in total. The van der Waals surface area contributed by atoms with Crippen LogP contribution in [-0.4, -0.2) is 42.0 Å². The summed E-state index contributed by atoms with van der Waals surface area (Å²) < 4.78 is 5.35. The van der Waals surface area contributed by atoms with Crippen LogP contribution < -0.4 is 5.32 Å². The summed E-state index contributed by atoms with van der Waals surface area (Å²) in [5, 5.41) is 4.18. The second-order valence-corrected chi connectivity index (χ2v) is 8.79. The van der Waals surface area contributed by atoms with Gasteiger partial charge in [0.1, 0.15) is 0 Å². The van der Waals surface area contributed by atoms with Gasteiger partial charge in [-0.05, 0) is 35.7 Å². The van der Waals surface area contributed by atoms with Crippen LogP contribution in [0.1, 0.15) is 45.9 Å². The number of nitrogens with zero attached hydrogens (tertiary/aromatic N) is 1. The summed E-state index contributed by atoms with van der Waals surface area (Å²) in [6.45, 7) is 2.82. The fourth-order valence-electron chi connectivity index (χ4n) is 5.16. The molecule has 0 bridgehead atoms. The molecule has 0 spiro atoms. The van der Waals surface area contributed by atoms with Crippen molar-refractivity contribution in [3.05, 3.63) is 101 Å². The van der Waals surface area contributed by atoms with Crippen molar-refractivity contribution >= 4 is 28.4 Å². The van der Waals surface area contributed by atoms with E-state index in [1.165, 1.54) is 0 Å². The first-order valence-electron chi connectivity index (χ1n) is 12.0. The largest absolute Gasteiger partial charge is 0.383 e. The number of methoxy groups -OCH3 is 1. The third-order valence-corrected chi connectivity index (χ3v) is 6.85. The maximum absolute atomic E-state index is 14.1. The number of ether oxygens (including phenoxy) is 1. The molecule has 2 atom stereocenters. The molecule has 178 valence electrons. The van der Waals surface area contributed by atoms with Gasteiger partial charge in [-0.25, -0.2) is 0 Å². The highest BCUT2D eigenvalue weighted by atomic mass is 16.5. The van der Waals surface area contributed by atoms with Crippen LogP contribution in [0, 0.1) is 0 Å². The molecule has 2 N–H and O–H groups in total. The Balaban J connectivity index is 1.67. The van der Waals surface area contributed by atoms with E-state index >= 15 is 0 Å². The summed E-state index contributed by atoms with van der Waals surface area (Å²) >= 11 is 0. The minimum Gasteiger partial charge on any atom is -0.383 e. The Morgan fingerprint density at radius 2 is 1.74 bits per heavy atom. The van der Waals surface area contributed by atoms with E-state index in [-0.39, 0.29) is 11.8 Å². The number of hydrogen-bond acceptors (Lipinski definition) is 3. The Morgan fingerprint density at radius 3 is 2.57 bits per heavy atom. The SMILES string of the molecule is CCc1ccccc1NC(=O)[C@@H]1c2ccccc2C(=O)N(CCOC)[C@@H]1c1c[nH]c2ccccc12. The summed E-state index contributed by atoms with van der Waals surface area (Å²) in [6.07, 6.45) is 2.73. The fourth-order valence-corrected chi connectivity index (χ4v) is 5.16. The van der Waals surface area contributed by atoms with Crippen LogP contribution in [0.4, 0.5) is 5.69 Å². The van der Waals surface area contributed by atoms with Crippen LogP contribution in [0.5, 0.6) is 0 Å². The van der Waals surface area contributed by atoms with E-state index < -0.39 is 12.0 Å². The zero-order valence-electron chi connectivity index (χ0n) is 20.0. The average molecular weight is 468 g/mol. The molecular formula is C29H29N3O3. The summed E-state index contributed by atoms with van der Waals surface area (Å²) in [7, 11) is 1.62. The molecule has 1 aliphatic rings. The van der Waals surface area contributed by atoms with Crippen molar-refractivity contribution in [1.82, 2.24) is 9.88 Å². The van der Waals surface area contributed by atoms with Gasteiger partial charge in [0, 0.05) is 47.6 Å². The quantitative estimate of drug-likeness (QED) is 0.388. The molecule has 35 heavy (non-hydrogen) atoms. The molecular weight excluding hydrogens is 438 g/mol. The topological polar surface area (TPSA) is 74.4 Å². The number of aromatic nitrogens is 1. The summed E-state index contributed by atoms with van der Waals surface area (Å²) in [4.78, 5) is 32.9. The number of aryl methyl sites for hydroxylation is 1. The van der Waals surface area contributed by atoms with Crippen LogP contribution in [-0.2, 0) is 16.0 Å². The molecule has 3 aromatic carbocycles. The highest BCUT2D eigenvalue weighted by Gasteiger charge is 2.44. The molecule has 0 aliphatic carbocycles. The Labute approximate surface area is 204 Å². The third-order valence-electron chi connectivity index (χ3n) is 6.85. The lowest BCUT2D eigenvalue weighted by atomic mass is 9.79. The molecule has 4 aromatic rings. The molecule has 6 heteroatoms. The molecule has 0 saturated carbocycles. The number of H-pyrrole nitrogens is 1. The molecule has 0 unspecified atom stereocenters. The Kier molecular flexibility index (Phi) is 6.38. The van der Waals surface area contributed by atoms with Gasteiger partial charge in [0.15, 0.2) is 0 Å². The van der Waals surface area contributed by atoms with Crippen molar-refractivity contribution in [2.24, 2.45) is 0 Å². The maximum atomic E-state index is 14.1. The number of benzene rings is 3. The number of para-hydroxylation sites is 2. The fraction of sp³-hybridized carbons (Fsp3) is 0.241. The van der Waals surface area contributed by atoms with E-state index in [0.29, 0.717) is 18.7 Å². The molecule has 0 fully saturated rings. The normalized spacial score (nSPS) is 17.4. The lowest BCUT2D eigenvalue weighted by Gasteiger charge is -2.41. The molecule has 0 radical (unpaired) electrons. The van der Waals surface area contributed by atoms with Gasteiger partial charge in [-0.3, -0.25) is 9.59 Å². The Morgan fingerprint density at radius 1 is 1.00 bits per heavy atom. The van der Waals surface area contributed by atoms with Crippen molar-refractivity contribution in [2.45, 2.75) is 25.3 Å². The molecule has 2 amide bonds. The van der Waals surface area contributed by atoms with Gasteiger partial charge in [-0.1, -0.05) is 61.5 Å². The van der Waals surface area contributed by atoms with E-state index in [4.69, 9.17) is 4.74 Å². The van der Waals surface area contributed by atoms with Crippen molar-refractivity contribution in [2.75, 3.05) is 25.6 Å². The summed E-state index contributed by atoms with van der Waals surface area (Å²) in [6, 6.07) is 22.8. The number of carbonyl (C=O) groups excluding carboxylic acids is 2. The monoisotopic (exact) mass is 467 g/mol. The first-order chi connectivity index (χ1) is 17.1. The smallest absolute Gasteiger partial charge is 0.254 e. The lowest BCUT2D eigenvalue weighted by Crippen LogP contribution is -2.47. The van der Waals surface area contributed by atoms with Gasteiger partial charge in [0.2, 0.25) is 5.91 Å². The average Bonchev–Trinajstić information content (AvgIpc) is 3.32. The predicted molar refractivity (Wildman–Crippen MR) is 138 cm³/mol. The van der Waals surface area contributed by atoms with E-state index in [2.05, 4.69) is 17.2 Å². The molecule has 1 aliphatic heterocycles. The first kappa shape index (κ1) is 22.9. The zero-order valence-corrected chi connectivity index (χ0v) is 20.0. The summed E-state index contributed by atoms with van der Waals surface area (Å²) in [5.41, 5.74) is 5.06. The Bertz CT molecular complexity index is 1380. The van der Waals surface area contributed by atoms with Crippen molar-refractivity contribution in [1.29, 1.82) is 0 Å². The van der Waals surface area contributed by atoms with Crippen molar-refractivity contribution < 1.29 is 14.3 Å². The van der Waals surface area contributed by atoms with Gasteiger partial charge in [-0.15, -0.1) is 0 Å². The third kappa shape index (κ3) is 4.10. The highest BCUT2D eigenvalue weighted by Crippen LogP contribution is 2.45. The molecule has 5 rings (SSSR count).